The molecule has 3 heteroatoms. The fourth-order valence-corrected chi connectivity index (χ4v) is 0.740. The van der Waals surface area contributed by atoms with Gasteiger partial charge in [0.1, 0.15) is 0 Å². The molecule has 0 saturated carbocycles. The third-order valence-corrected chi connectivity index (χ3v) is 1.24. The molecule has 0 saturated heterocycles. The molecule has 0 aromatic heterocycles. The minimum absolute atomic E-state index is 0.702. The van der Waals surface area contributed by atoms with E-state index in [1.54, 1.807) is 0 Å². The van der Waals surface area contributed by atoms with E-state index in [4.69, 9.17) is 4.74 Å². The number of benzene rings is 1. The number of hydrogen-bond donors (Lipinski definition) is 0. The number of halogens is 1. The third-order valence-electron chi connectivity index (χ3n) is 1.24. The number of ether oxygens (including phenoxy) is 1. The Balaban J connectivity index is 0.000000561. The van der Waals surface area contributed by atoms with Crippen molar-refractivity contribution in [3.8, 4) is 0 Å². The van der Waals surface area contributed by atoms with Crippen molar-refractivity contribution < 1.29 is 21.1 Å². The summed E-state index contributed by atoms with van der Waals surface area (Å²) in [6.45, 7) is 3.47. The normalized spacial score (nSPS) is 8.67. The summed E-state index contributed by atoms with van der Waals surface area (Å²) in [5.41, 5.74) is 1.18. The molecule has 1 rings (SSSR count). The predicted molar refractivity (Wildman–Crippen MR) is 49.5 cm³/mol. The fourth-order valence-electron chi connectivity index (χ4n) is 0.740. The van der Waals surface area contributed by atoms with Gasteiger partial charge in [-0.2, -0.15) is 30.3 Å². The van der Waals surface area contributed by atoms with E-state index >= 15 is 0 Å². The van der Waals surface area contributed by atoms with Gasteiger partial charge >= 0.3 is 30.0 Å². The summed E-state index contributed by atoms with van der Waals surface area (Å²) in [6.07, 6.45) is 0. The zero-order valence-electron chi connectivity index (χ0n) is 7.22. The van der Waals surface area contributed by atoms with Crippen LogP contribution in [0.15, 0.2) is 24.3 Å². The van der Waals surface area contributed by atoms with Crippen LogP contribution in [0, 0.1) is 6.07 Å². The van der Waals surface area contributed by atoms with Gasteiger partial charge < -0.3 is 4.74 Å². The summed E-state index contributed by atoms with van der Waals surface area (Å²) in [7, 11) is 0. The number of rotatable bonds is 3. The Labute approximate surface area is 90.5 Å². The van der Waals surface area contributed by atoms with Gasteiger partial charge in [-0.3, -0.25) is 0 Å². The van der Waals surface area contributed by atoms with E-state index in [1.807, 2.05) is 31.2 Å². The van der Waals surface area contributed by atoms with Crippen molar-refractivity contribution in [1.29, 1.82) is 0 Å². The second-order valence-electron chi connectivity index (χ2n) is 2.05. The molecule has 0 bridgehead atoms. The average molecular weight is 280 g/mol. The van der Waals surface area contributed by atoms with Gasteiger partial charge in [-0.15, -0.1) is 5.56 Å². The molecular formula is C9H11BrOZn. The summed E-state index contributed by atoms with van der Waals surface area (Å²) >= 11 is 4.25. The van der Waals surface area contributed by atoms with Gasteiger partial charge in [0.15, 0.2) is 0 Å². The van der Waals surface area contributed by atoms with Gasteiger partial charge in [0.25, 0.3) is 0 Å². The van der Waals surface area contributed by atoms with Gasteiger partial charge in [0.05, 0.1) is 0 Å². The molecular weight excluding hydrogens is 269 g/mol. The summed E-state index contributed by atoms with van der Waals surface area (Å²) in [5.74, 6) is 0. The van der Waals surface area contributed by atoms with E-state index in [1.165, 1.54) is 21.9 Å². The molecule has 0 unspecified atom stereocenters. The SMILES string of the molecule is CCOCc1c[c-]ccc1.[Zn+][Br]. The van der Waals surface area contributed by atoms with Crippen molar-refractivity contribution >= 4 is 13.6 Å². The van der Waals surface area contributed by atoms with E-state index in [2.05, 4.69) is 19.7 Å². The standard InChI is InChI=1S/C9H11O.BrH.Zn/c1-2-10-8-9-6-4-3-5-7-9;;/h3-4,6-7H,2,8H2,1H3;1H;/q-1;;+2/p-1. The molecule has 0 aliphatic rings. The second-order valence-corrected chi connectivity index (χ2v) is 2.05. The molecule has 0 atom stereocenters. The molecule has 0 fully saturated rings. The maximum atomic E-state index is 5.20. The van der Waals surface area contributed by atoms with Crippen LogP contribution in [-0.4, -0.2) is 6.61 Å². The first-order valence-corrected chi connectivity index (χ1v) is 10.7. The van der Waals surface area contributed by atoms with Crippen LogP contribution in [0.3, 0.4) is 0 Å². The number of hydrogen-bond acceptors (Lipinski definition) is 1. The molecule has 0 amide bonds. The Kier molecular flexibility index (Phi) is 9.59. The molecule has 62 valence electrons. The van der Waals surface area contributed by atoms with E-state index in [-0.39, 0.29) is 0 Å². The Morgan fingerprint density at radius 3 is 2.83 bits per heavy atom. The van der Waals surface area contributed by atoms with Crippen LogP contribution in [0.2, 0.25) is 0 Å². The molecule has 12 heavy (non-hydrogen) atoms. The van der Waals surface area contributed by atoms with Crippen LogP contribution >= 0.6 is 13.6 Å². The molecule has 1 aromatic carbocycles. The molecule has 0 spiro atoms. The monoisotopic (exact) mass is 278 g/mol. The maximum absolute atomic E-state index is 5.20. The molecule has 0 aliphatic heterocycles. The van der Waals surface area contributed by atoms with Crippen LogP contribution in [0.5, 0.6) is 0 Å². The first-order chi connectivity index (χ1) is 5.93. The first-order valence-electron chi connectivity index (χ1n) is 3.73. The summed E-state index contributed by atoms with van der Waals surface area (Å²) in [4.78, 5) is 0. The van der Waals surface area contributed by atoms with Crippen LogP contribution in [0.1, 0.15) is 12.5 Å². The quantitative estimate of drug-likeness (QED) is 0.611. The van der Waals surface area contributed by atoms with Crippen molar-refractivity contribution in [3.63, 3.8) is 0 Å². The average Bonchev–Trinajstić information content (AvgIpc) is 2.19. The molecule has 0 N–H and O–H groups in total. The van der Waals surface area contributed by atoms with Gasteiger partial charge in [-0.05, 0) is 6.92 Å². The Morgan fingerprint density at radius 1 is 1.58 bits per heavy atom. The predicted octanol–water partition coefficient (Wildman–Crippen LogP) is 2.87. The molecule has 1 nitrogen and oxygen atoms in total. The van der Waals surface area contributed by atoms with Crippen molar-refractivity contribution in [3.05, 3.63) is 35.9 Å². The molecule has 1 aromatic rings. The first kappa shape index (κ1) is 12.3. The van der Waals surface area contributed by atoms with Crippen LogP contribution in [0.4, 0.5) is 0 Å². The van der Waals surface area contributed by atoms with E-state index < -0.39 is 0 Å². The minimum atomic E-state index is 0.702. The van der Waals surface area contributed by atoms with E-state index in [0.717, 1.165) is 6.61 Å². The van der Waals surface area contributed by atoms with Gasteiger partial charge in [0, 0.05) is 13.2 Å². The Bertz CT molecular complexity index is 179. The van der Waals surface area contributed by atoms with Crippen molar-refractivity contribution in [2.75, 3.05) is 6.61 Å². The zero-order chi connectivity index (χ0) is 9.23. The van der Waals surface area contributed by atoms with E-state index in [9.17, 15) is 0 Å². The van der Waals surface area contributed by atoms with E-state index in [0.29, 0.717) is 6.61 Å². The van der Waals surface area contributed by atoms with Crippen LogP contribution < -0.4 is 0 Å². The van der Waals surface area contributed by atoms with Crippen LogP contribution in [-0.2, 0) is 27.7 Å². The van der Waals surface area contributed by atoms with Crippen LogP contribution in [0.25, 0.3) is 0 Å². The zero-order valence-corrected chi connectivity index (χ0v) is 11.8. The summed E-state index contributed by atoms with van der Waals surface area (Å²) in [6, 6.07) is 10.8. The van der Waals surface area contributed by atoms with Gasteiger partial charge in [-0.1, -0.05) is 0 Å². The molecule has 0 heterocycles. The summed E-state index contributed by atoms with van der Waals surface area (Å²) < 4.78 is 5.20. The van der Waals surface area contributed by atoms with Gasteiger partial charge in [0.2, 0.25) is 0 Å². The van der Waals surface area contributed by atoms with Crippen molar-refractivity contribution in [2.24, 2.45) is 0 Å². The Morgan fingerprint density at radius 2 is 2.33 bits per heavy atom. The van der Waals surface area contributed by atoms with Crippen molar-refractivity contribution in [2.45, 2.75) is 13.5 Å². The second kappa shape index (κ2) is 9.37. The molecule has 0 aliphatic carbocycles. The Hall–Kier alpha value is 0.283. The third kappa shape index (κ3) is 5.87. The molecule has 0 radical (unpaired) electrons. The van der Waals surface area contributed by atoms with Gasteiger partial charge in [-0.25, -0.2) is 0 Å². The summed E-state index contributed by atoms with van der Waals surface area (Å²) in [5, 5.41) is 0. The topological polar surface area (TPSA) is 9.23 Å². The fraction of sp³-hybridized carbons (Fsp3) is 0.333. The van der Waals surface area contributed by atoms with Crippen molar-refractivity contribution in [1.82, 2.24) is 0 Å².